The summed E-state index contributed by atoms with van der Waals surface area (Å²) < 4.78 is 57.5. The van der Waals surface area contributed by atoms with Gasteiger partial charge in [-0.05, 0) is 32.0 Å². The molecule has 0 spiro atoms. The number of sulfone groups is 1. The fourth-order valence-electron chi connectivity index (χ4n) is 3.30. The highest BCUT2D eigenvalue weighted by Gasteiger charge is 2.39. The molecule has 0 aliphatic carbocycles. The van der Waals surface area contributed by atoms with E-state index in [4.69, 9.17) is 15.2 Å². The average molecular weight is 522 g/mol. The number of thiophene rings is 1. The molecule has 15 heteroatoms. The molecule has 2 aromatic rings. The quantitative estimate of drug-likeness (QED) is 0.374. The van der Waals surface area contributed by atoms with Crippen LogP contribution in [0.3, 0.4) is 0 Å². The molecule has 1 unspecified atom stereocenters. The number of nitrogens with one attached hydrogen (secondary N) is 2. The topological polar surface area (TPSA) is 172 Å². The maximum absolute atomic E-state index is 12.8. The van der Waals surface area contributed by atoms with Crippen LogP contribution in [0.2, 0.25) is 0 Å². The SMILES string of the molecule is CCN[C@H]1CC(C)S(=O)(=O)c2sc(S(=O)(=O)NC(=O)Oc3ccccc3CON(O)O)cc21. The fourth-order valence-corrected chi connectivity index (χ4v) is 8.17. The molecule has 3 rings (SSSR count). The first-order valence-electron chi connectivity index (χ1n) is 9.70. The van der Waals surface area contributed by atoms with E-state index in [1.807, 2.05) is 6.92 Å². The fraction of sp³-hybridized carbons (Fsp3) is 0.389. The van der Waals surface area contributed by atoms with Crippen LogP contribution in [0.4, 0.5) is 4.79 Å². The zero-order valence-corrected chi connectivity index (χ0v) is 20.0. The van der Waals surface area contributed by atoms with Crippen molar-refractivity contribution in [1.29, 1.82) is 0 Å². The largest absolute Gasteiger partial charge is 0.426 e. The van der Waals surface area contributed by atoms with Crippen LogP contribution in [0, 0.1) is 0 Å². The second-order valence-electron chi connectivity index (χ2n) is 7.14. The Bertz CT molecular complexity index is 1230. The highest BCUT2D eigenvalue weighted by Crippen LogP contribution is 2.42. The number of rotatable bonds is 8. The number of carbonyl (C=O) groups is 1. The summed E-state index contributed by atoms with van der Waals surface area (Å²) >= 11 is 0.578. The number of carbonyl (C=O) groups excluding carboxylic acids is 1. The van der Waals surface area contributed by atoms with Crippen molar-refractivity contribution in [2.24, 2.45) is 0 Å². The maximum atomic E-state index is 12.8. The predicted octanol–water partition coefficient (Wildman–Crippen LogP) is 1.95. The highest BCUT2D eigenvalue weighted by molar-refractivity contribution is 7.95. The molecule has 1 aliphatic rings. The molecule has 0 radical (unpaired) electrons. The van der Waals surface area contributed by atoms with E-state index in [9.17, 15) is 21.6 Å². The number of hydrogen-bond donors (Lipinski definition) is 4. The Hall–Kier alpha value is -2.11. The minimum Gasteiger partial charge on any atom is -0.409 e. The van der Waals surface area contributed by atoms with Gasteiger partial charge in [0.25, 0.3) is 10.0 Å². The van der Waals surface area contributed by atoms with Crippen molar-refractivity contribution in [1.82, 2.24) is 15.4 Å². The molecular weight excluding hydrogens is 498 g/mol. The summed E-state index contributed by atoms with van der Waals surface area (Å²) in [6, 6.07) is 6.81. The van der Waals surface area contributed by atoms with E-state index in [-0.39, 0.29) is 32.4 Å². The third-order valence-electron chi connectivity index (χ3n) is 4.88. The van der Waals surface area contributed by atoms with Crippen LogP contribution in [0.5, 0.6) is 5.75 Å². The summed E-state index contributed by atoms with van der Waals surface area (Å²) in [6.45, 7) is 3.60. The molecule has 1 aromatic carbocycles. The molecule has 2 atom stereocenters. The zero-order chi connectivity index (χ0) is 24.4. The van der Waals surface area contributed by atoms with Crippen molar-refractivity contribution in [2.45, 2.75) is 46.6 Å². The predicted molar refractivity (Wildman–Crippen MR) is 115 cm³/mol. The van der Waals surface area contributed by atoms with E-state index in [1.54, 1.807) is 17.7 Å². The maximum Gasteiger partial charge on any atom is 0.426 e. The lowest BCUT2D eigenvalue weighted by Gasteiger charge is -2.27. The molecule has 12 nitrogen and oxygen atoms in total. The van der Waals surface area contributed by atoms with Crippen LogP contribution in [-0.4, -0.2) is 50.5 Å². The molecule has 4 N–H and O–H groups in total. The number of sulfonamides is 1. The van der Waals surface area contributed by atoms with Gasteiger partial charge in [0.1, 0.15) is 20.8 Å². The molecule has 33 heavy (non-hydrogen) atoms. The monoisotopic (exact) mass is 521 g/mol. The van der Waals surface area contributed by atoms with Gasteiger partial charge in [0.2, 0.25) is 0 Å². The molecule has 1 aromatic heterocycles. The van der Waals surface area contributed by atoms with E-state index >= 15 is 0 Å². The van der Waals surface area contributed by atoms with Crippen molar-refractivity contribution >= 4 is 37.3 Å². The molecular formula is C18H23N3O9S3. The average Bonchev–Trinajstić information content (AvgIpc) is 3.19. The van der Waals surface area contributed by atoms with Gasteiger partial charge in [0.05, 0.1) is 10.6 Å². The van der Waals surface area contributed by atoms with Gasteiger partial charge >= 0.3 is 6.09 Å². The van der Waals surface area contributed by atoms with Crippen molar-refractivity contribution in [3.63, 3.8) is 0 Å². The third-order valence-corrected chi connectivity index (χ3v) is 10.6. The summed E-state index contributed by atoms with van der Waals surface area (Å²) in [5.74, 6) is -0.0823. The van der Waals surface area contributed by atoms with Gasteiger partial charge < -0.3 is 10.1 Å². The third kappa shape index (κ3) is 5.70. The molecule has 1 aliphatic heterocycles. The van der Waals surface area contributed by atoms with Gasteiger partial charge in [-0.25, -0.2) is 31.2 Å². The minimum absolute atomic E-state index is 0.0407. The summed E-state index contributed by atoms with van der Waals surface area (Å²) in [4.78, 5) is 16.8. The number of ether oxygens (including phenoxy) is 1. The lowest BCUT2D eigenvalue weighted by atomic mass is 10.1. The summed E-state index contributed by atoms with van der Waals surface area (Å²) in [7, 11) is -8.13. The molecule has 182 valence electrons. The highest BCUT2D eigenvalue weighted by atomic mass is 32.3. The van der Waals surface area contributed by atoms with Crippen molar-refractivity contribution < 1.29 is 41.6 Å². The normalized spacial score (nSPS) is 19.8. The summed E-state index contributed by atoms with van der Waals surface area (Å²) in [5.41, 5.74) is 0.576. The number of para-hydroxylation sites is 1. The summed E-state index contributed by atoms with van der Waals surface area (Å²) in [6.07, 6.45) is -1.04. The lowest BCUT2D eigenvalue weighted by Crippen LogP contribution is -2.33. The number of amides is 1. The smallest absolute Gasteiger partial charge is 0.409 e. The van der Waals surface area contributed by atoms with Crippen molar-refractivity contribution in [3.05, 3.63) is 41.5 Å². The number of benzene rings is 1. The minimum atomic E-state index is -4.44. The Morgan fingerprint density at radius 1 is 1.30 bits per heavy atom. The van der Waals surface area contributed by atoms with E-state index in [0.29, 0.717) is 29.9 Å². The van der Waals surface area contributed by atoms with Crippen LogP contribution < -0.4 is 14.8 Å². The molecule has 0 bridgehead atoms. The Morgan fingerprint density at radius 2 is 2.00 bits per heavy atom. The van der Waals surface area contributed by atoms with Gasteiger partial charge in [0, 0.05) is 17.2 Å². The molecule has 0 saturated carbocycles. The van der Waals surface area contributed by atoms with Gasteiger partial charge in [-0.3, -0.25) is 10.4 Å². The summed E-state index contributed by atoms with van der Waals surface area (Å²) in [5, 5.41) is 19.3. The molecule has 1 amide bonds. The Balaban J connectivity index is 1.82. The standard InChI is InChI=1S/C18H23N3O9S3/c1-3-19-14-8-11(2)32(25,26)17-13(14)9-16(31-17)33(27,28)20-18(22)30-15-7-5-4-6-12(15)10-29-21(23)24/h4-7,9,11,14,19,23-24H,3,8,10H2,1-2H3,(H,20,22)/t11?,14-/m0/s1. The van der Waals surface area contributed by atoms with Crippen LogP contribution in [0.15, 0.2) is 38.8 Å². The van der Waals surface area contributed by atoms with Crippen LogP contribution in [0.1, 0.15) is 37.4 Å². The van der Waals surface area contributed by atoms with Gasteiger partial charge in [-0.2, -0.15) is 0 Å². The second kappa shape index (κ2) is 10.0. The Morgan fingerprint density at radius 3 is 2.67 bits per heavy atom. The first kappa shape index (κ1) is 25.5. The van der Waals surface area contributed by atoms with Gasteiger partial charge in [0.15, 0.2) is 9.84 Å². The van der Waals surface area contributed by atoms with E-state index in [0.717, 1.165) is 0 Å². The van der Waals surface area contributed by atoms with Crippen molar-refractivity contribution in [3.8, 4) is 5.75 Å². The Kier molecular flexibility index (Phi) is 7.75. The zero-order valence-electron chi connectivity index (χ0n) is 17.6. The van der Waals surface area contributed by atoms with Crippen LogP contribution in [0.25, 0.3) is 0 Å². The van der Waals surface area contributed by atoms with Gasteiger partial charge in [-0.1, -0.05) is 25.1 Å². The molecule has 0 fully saturated rings. The first-order chi connectivity index (χ1) is 15.5. The lowest BCUT2D eigenvalue weighted by molar-refractivity contribution is -0.497. The number of nitrogens with zero attached hydrogens (tertiary/aromatic N) is 1. The van der Waals surface area contributed by atoms with Gasteiger partial charge in [-0.15, -0.1) is 11.3 Å². The number of fused-ring (bicyclic) bond motifs is 1. The van der Waals surface area contributed by atoms with Crippen molar-refractivity contribution in [2.75, 3.05) is 6.54 Å². The molecule has 2 heterocycles. The number of hydrogen-bond acceptors (Lipinski definition) is 12. The second-order valence-corrected chi connectivity index (χ2v) is 12.7. The van der Waals surface area contributed by atoms with Crippen LogP contribution in [-0.2, 0) is 31.3 Å². The first-order valence-corrected chi connectivity index (χ1v) is 13.5. The van der Waals surface area contributed by atoms with E-state index in [2.05, 4.69) is 10.2 Å². The van der Waals surface area contributed by atoms with E-state index < -0.39 is 36.6 Å². The van der Waals surface area contributed by atoms with E-state index in [1.165, 1.54) is 24.3 Å². The Labute approximate surface area is 194 Å². The van der Waals surface area contributed by atoms with Crippen LogP contribution >= 0.6 is 11.3 Å². The molecule has 0 saturated heterocycles.